The lowest BCUT2D eigenvalue weighted by Crippen LogP contribution is -2.36. The lowest BCUT2D eigenvalue weighted by atomic mass is 9.61. The minimum Gasteiger partial charge on any atom is -0.469 e. The van der Waals surface area contributed by atoms with Gasteiger partial charge in [-0.25, -0.2) is 0 Å². The van der Waals surface area contributed by atoms with E-state index in [1.807, 2.05) is 24.3 Å². The second-order valence-electron chi connectivity index (χ2n) is 10.6. The van der Waals surface area contributed by atoms with Crippen LogP contribution in [0.15, 0.2) is 48.5 Å². The monoisotopic (exact) mass is 498 g/mol. The molecule has 0 saturated heterocycles. The van der Waals surface area contributed by atoms with Crippen LogP contribution in [0, 0.1) is 11.3 Å². The fourth-order valence-corrected chi connectivity index (χ4v) is 6.83. The molecule has 0 heterocycles. The minimum atomic E-state index is -0.509. The van der Waals surface area contributed by atoms with E-state index < -0.39 is 12.2 Å². The van der Waals surface area contributed by atoms with Crippen molar-refractivity contribution < 1.29 is 19.7 Å². The number of aliphatic hydroxyl groups excluding tert-OH is 2. The molecule has 0 spiro atoms. The third-order valence-electron chi connectivity index (χ3n) is 8.40. The topological polar surface area (TPSA) is 66.8 Å². The Kier molecular flexibility index (Phi) is 8.57. The van der Waals surface area contributed by atoms with Crippen LogP contribution in [0.25, 0.3) is 0 Å². The van der Waals surface area contributed by atoms with E-state index in [9.17, 15) is 15.0 Å². The molecule has 2 aliphatic rings. The van der Waals surface area contributed by atoms with E-state index in [0.717, 1.165) is 54.4 Å². The molecule has 0 aromatic heterocycles. The normalized spacial score (nSPS) is 26.2. The molecule has 2 unspecified atom stereocenters. The molecule has 190 valence electrons. The molecule has 4 nitrogen and oxygen atoms in total. The van der Waals surface area contributed by atoms with Crippen molar-refractivity contribution in [3.8, 4) is 0 Å². The van der Waals surface area contributed by atoms with Gasteiger partial charge in [0.15, 0.2) is 0 Å². The van der Waals surface area contributed by atoms with Gasteiger partial charge in [0.25, 0.3) is 0 Å². The number of halogens is 1. The summed E-state index contributed by atoms with van der Waals surface area (Å²) < 4.78 is 4.77. The Bertz CT molecular complexity index is 1000. The summed E-state index contributed by atoms with van der Waals surface area (Å²) in [4.78, 5) is 11.5. The smallest absolute Gasteiger partial charge is 0.305 e. The Morgan fingerprint density at radius 1 is 1.17 bits per heavy atom. The Hall–Kier alpha value is -1.88. The third kappa shape index (κ3) is 5.76. The molecule has 5 heteroatoms. The van der Waals surface area contributed by atoms with Gasteiger partial charge in [-0.15, -0.1) is 11.6 Å². The van der Waals surface area contributed by atoms with Gasteiger partial charge in [0.1, 0.15) is 0 Å². The summed E-state index contributed by atoms with van der Waals surface area (Å²) >= 11 is 6.81. The quantitative estimate of drug-likeness (QED) is 0.306. The summed E-state index contributed by atoms with van der Waals surface area (Å²) in [6.07, 6.45) is 6.81. The molecule has 2 N–H and O–H groups in total. The predicted molar refractivity (Wildman–Crippen MR) is 140 cm³/mol. The number of rotatable bonds is 10. The van der Waals surface area contributed by atoms with Gasteiger partial charge in [0, 0.05) is 23.1 Å². The van der Waals surface area contributed by atoms with Gasteiger partial charge >= 0.3 is 5.97 Å². The van der Waals surface area contributed by atoms with E-state index in [-0.39, 0.29) is 28.6 Å². The summed E-state index contributed by atoms with van der Waals surface area (Å²) in [5.41, 5.74) is 4.29. The molecule has 0 bridgehead atoms. The van der Waals surface area contributed by atoms with Crippen LogP contribution in [0.1, 0.15) is 86.1 Å². The van der Waals surface area contributed by atoms with Crippen molar-refractivity contribution in [2.24, 2.45) is 11.3 Å². The summed E-state index contributed by atoms with van der Waals surface area (Å²) in [7, 11) is 1.41. The maximum atomic E-state index is 11.5. The number of carbonyl (C=O) groups is 1. The van der Waals surface area contributed by atoms with Gasteiger partial charge in [0.2, 0.25) is 0 Å². The number of ether oxygens (including phenoxy) is 1. The number of esters is 1. The van der Waals surface area contributed by atoms with E-state index in [1.165, 1.54) is 13.5 Å². The average molecular weight is 499 g/mol. The van der Waals surface area contributed by atoms with Crippen molar-refractivity contribution in [1.82, 2.24) is 0 Å². The lowest BCUT2D eigenvalue weighted by molar-refractivity contribution is -0.140. The molecule has 2 saturated carbocycles. The molecule has 2 fully saturated rings. The summed E-state index contributed by atoms with van der Waals surface area (Å²) in [5.74, 6) is -0.199. The first kappa shape index (κ1) is 26.2. The average Bonchev–Trinajstić information content (AvgIpc) is 3.12. The maximum Gasteiger partial charge on any atom is 0.305 e. The Labute approximate surface area is 214 Å². The van der Waals surface area contributed by atoms with Crippen molar-refractivity contribution in [2.75, 3.05) is 7.11 Å². The SMILES string of the molecule is CCCC1(C(O)c2cccc([C@@H]3C(Cc4cccc(CCC(=O)OC)c4)[C@H](Cl)C[C@H]3O)c2)CCC1. The number of carbonyl (C=O) groups excluding carboxylic acids is 1. The Morgan fingerprint density at radius 3 is 2.60 bits per heavy atom. The number of aryl methyl sites for hydroxylation is 1. The lowest BCUT2D eigenvalue weighted by Gasteiger charge is -2.46. The summed E-state index contributed by atoms with van der Waals surface area (Å²) in [6.45, 7) is 2.19. The first-order valence-electron chi connectivity index (χ1n) is 13.1. The van der Waals surface area contributed by atoms with E-state index >= 15 is 0 Å². The van der Waals surface area contributed by atoms with Crippen LogP contribution in [-0.4, -0.2) is 34.8 Å². The zero-order valence-electron chi connectivity index (χ0n) is 21.0. The zero-order valence-corrected chi connectivity index (χ0v) is 21.7. The van der Waals surface area contributed by atoms with E-state index in [4.69, 9.17) is 16.3 Å². The van der Waals surface area contributed by atoms with Crippen LogP contribution in [-0.2, 0) is 22.4 Å². The standard InChI is InChI=1S/C30H39ClO4/c1-3-13-30(14-6-15-30)29(34)23-10-5-9-22(18-23)28-24(25(31)19-26(28)32)17-21-8-4-7-20(16-21)11-12-27(33)35-2/h4-5,7-10,16,18,24-26,28-29,32,34H,3,6,11-15,17,19H2,1-2H3/t24?,25-,26-,28-,29?/m1/s1. The highest BCUT2D eigenvalue weighted by Crippen LogP contribution is 2.54. The van der Waals surface area contributed by atoms with Gasteiger partial charge in [0.05, 0.1) is 19.3 Å². The van der Waals surface area contributed by atoms with Crippen molar-refractivity contribution in [2.45, 2.75) is 88.2 Å². The molecule has 2 aromatic rings. The van der Waals surface area contributed by atoms with Crippen molar-refractivity contribution in [3.63, 3.8) is 0 Å². The molecule has 0 radical (unpaired) electrons. The number of methoxy groups -OCH3 is 1. The molecule has 2 aliphatic carbocycles. The van der Waals surface area contributed by atoms with Crippen molar-refractivity contribution in [3.05, 3.63) is 70.8 Å². The molecule has 2 aromatic carbocycles. The Balaban J connectivity index is 1.54. The minimum absolute atomic E-state index is 0.000719. The highest BCUT2D eigenvalue weighted by atomic mass is 35.5. The zero-order chi connectivity index (χ0) is 25.0. The van der Waals surface area contributed by atoms with Gasteiger partial charge in [-0.3, -0.25) is 4.79 Å². The van der Waals surface area contributed by atoms with Gasteiger partial charge < -0.3 is 14.9 Å². The van der Waals surface area contributed by atoms with Crippen molar-refractivity contribution in [1.29, 1.82) is 0 Å². The number of alkyl halides is 1. The molecule has 0 aliphatic heterocycles. The fraction of sp³-hybridized carbons (Fsp3) is 0.567. The summed E-state index contributed by atoms with van der Waals surface area (Å²) in [5, 5.41) is 22.2. The second-order valence-corrected chi connectivity index (χ2v) is 11.2. The first-order chi connectivity index (χ1) is 16.9. The van der Waals surface area contributed by atoms with Crippen molar-refractivity contribution >= 4 is 17.6 Å². The van der Waals surface area contributed by atoms with Gasteiger partial charge in [-0.2, -0.15) is 0 Å². The van der Waals surface area contributed by atoms with E-state index in [1.54, 1.807) is 0 Å². The highest BCUT2D eigenvalue weighted by Gasteiger charge is 2.45. The third-order valence-corrected chi connectivity index (χ3v) is 8.91. The van der Waals surface area contributed by atoms with Crippen LogP contribution >= 0.6 is 11.6 Å². The highest BCUT2D eigenvalue weighted by molar-refractivity contribution is 6.21. The summed E-state index contributed by atoms with van der Waals surface area (Å²) in [6, 6.07) is 16.5. The molecular weight excluding hydrogens is 460 g/mol. The largest absolute Gasteiger partial charge is 0.469 e. The number of hydrogen-bond donors (Lipinski definition) is 2. The molecular formula is C30H39ClO4. The van der Waals surface area contributed by atoms with E-state index in [2.05, 4.69) is 31.2 Å². The van der Waals surface area contributed by atoms with Crippen LogP contribution in [0.4, 0.5) is 0 Å². The molecule has 0 amide bonds. The molecule has 4 rings (SSSR count). The van der Waals surface area contributed by atoms with Crippen LogP contribution in [0.5, 0.6) is 0 Å². The maximum absolute atomic E-state index is 11.5. The van der Waals surface area contributed by atoms with Crippen LogP contribution in [0.3, 0.4) is 0 Å². The van der Waals surface area contributed by atoms with Gasteiger partial charge in [-0.05, 0) is 66.7 Å². The van der Waals surface area contributed by atoms with Gasteiger partial charge in [-0.1, -0.05) is 68.3 Å². The van der Waals surface area contributed by atoms with Crippen LogP contribution < -0.4 is 0 Å². The van der Waals surface area contributed by atoms with Crippen LogP contribution in [0.2, 0.25) is 0 Å². The number of aliphatic hydroxyl groups is 2. The number of benzene rings is 2. The fourth-order valence-electron chi connectivity index (χ4n) is 6.40. The molecule has 35 heavy (non-hydrogen) atoms. The Morgan fingerprint density at radius 2 is 1.91 bits per heavy atom. The predicted octanol–water partition coefficient (Wildman–Crippen LogP) is 6.11. The van der Waals surface area contributed by atoms with E-state index in [0.29, 0.717) is 19.3 Å². The number of hydrogen-bond acceptors (Lipinski definition) is 4. The first-order valence-corrected chi connectivity index (χ1v) is 13.5. The second kappa shape index (κ2) is 11.5. The molecule has 5 atom stereocenters.